The van der Waals surface area contributed by atoms with Crippen LogP contribution in [0.1, 0.15) is 30.5 Å². The van der Waals surface area contributed by atoms with E-state index >= 15 is 0 Å². The Balaban J connectivity index is 1.61. The molecule has 1 atom stereocenters. The molecular weight excluding hydrogens is 409 g/mol. The van der Waals surface area contributed by atoms with Crippen molar-refractivity contribution in [3.63, 3.8) is 0 Å². The molecular formula is C25H26FN3O3. The van der Waals surface area contributed by atoms with Gasteiger partial charge in [0.25, 0.3) is 0 Å². The van der Waals surface area contributed by atoms with E-state index in [1.165, 1.54) is 23.3 Å². The fraction of sp³-hybridized carbons (Fsp3) is 0.280. The third-order valence-corrected chi connectivity index (χ3v) is 5.65. The molecule has 2 aromatic carbocycles. The number of hydrogen-bond donors (Lipinski definition) is 2. The minimum absolute atomic E-state index is 0.201. The van der Waals surface area contributed by atoms with Gasteiger partial charge in [0, 0.05) is 25.3 Å². The summed E-state index contributed by atoms with van der Waals surface area (Å²) in [6, 6.07) is 14.9. The van der Waals surface area contributed by atoms with Crippen molar-refractivity contribution in [3.05, 3.63) is 88.9 Å². The number of carbonyl (C=O) groups is 2. The van der Waals surface area contributed by atoms with Crippen molar-refractivity contribution < 1.29 is 18.7 Å². The van der Waals surface area contributed by atoms with Crippen LogP contribution in [0.2, 0.25) is 0 Å². The second kappa shape index (κ2) is 9.78. The summed E-state index contributed by atoms with van der Waals surface area (Å²) in [5.74, 6) is -0.962. The number of esters is 1. The lowest BCUT2D eigenvalue weighted by atomic mass is 9.94. The Hall–Kier alpha value is -3.45. The fourth-order valence-corrected chi connectivity index (χ4v) is 4.12. The zero-order chi connectivity index (χ0) is 22.5. The summed E-state index contributed by atoms with van der Waals surface area (Å²) in [5, 5.41) is 5.52. The molecule has 0 unspecified atom stereocenters. The molecule has 4 rings (SSSR count). The molecule has 2 aliphatic heterocycles. The maximum atomic E-state index is 13.9. The molecule has 0 saturated carbocycles. The first kappa shape index (κ1) is 21.8. The number of amides is 2. The van der Waals surface area contributed by atoms with Crippen molar-refractivity contribution >= 4 is 17.6 Å². The molecule has 0 spiro atoms. The normalized spacial score (nSPS) is 19.1. The first-order valence-corrected chi connectivity index (χ1v) is 10.7. The van der Waals surface area contributed by atoms with E-state index < -0.39 is 23.9 Å². The number of ether oxygens (including phenoxy) is 1. The Morgan fingerprint density at radius 3 is 2.69 bits per heavy atom. The van der Waals surface area contributed by atoms with Gasteiger partial charge in [-0.15, -0.1) is 0 Å². The number of hydrogen-bond acceptors (Lipinski definition) is 4. The van der Waals surface area contributed by atoms with E-state index in [1.807, 2.05) is 18.2 Å². The van der Waals surface area contributed by atoms with E-state index in [1.54, 1.807) is 19.1 Å². The standard InChI is InChI=1S/C25H26FN3O3/c1-2-32-24(30)22-21(27-25(31)28-23(22)19-9-6-10-20(26)15-19)16-29-13-11-18(12-14-29)17-7-4-3-5-8-17/h3-11,15,23H,2,12-14,16H2,1H3,(H2,27,28,31)/t23-/m0/s1. The molecule has 2 heterocycles. The summed E-state index contributed by atoms with van der Waals surface area (Å²) in [6.07, 6.45) is 3.04. The molecule has 0 aliphatic carbocycles. The number of benzene rings is 2. The summed E-state index contributed by atoms with van der Waals surface area (Å²) in [7, 11) is 0. The van der Waals surface area contributed by atoms with Crippen LogP contribution in [-0.2, 0) is 9.53 Å². The van der Waals surface area contributed by atoms with Gasteiger partial charge >= 0.3 is 12.0 Å². The molecule has 0 radical (unpaired) electrons. The molecule has 32 heavy (non-hydrogen) atoms. The number of carbonyl (C=O) groups excluding carboxylic acids is 2. The van der Waals surface area contributed by atoms with Crippen molar-refractivity contribution in [2.45, 2.75) is 19.4 Å². The van der Waals surface area contributed by atoms with Gasteiger partial charge in [-0.3, -0.25) is 4.90 Å². The van der Waals surface area contributed by atoms with Gasteiger partial charge in [0.15, 0.2) is 0 Å². The van der Waals surface area contributed by atoms with E-state index in [2.05, 4.69) is 33.7 Å². The molecule has 0 bridgehead atoms. The Bertz CT molecular complexity index is 1070. The smallest absolute Gasteiger partial charge is 0.338 e. The van der Waals surface area contributed by atoms with Crippen molar-refractivity contribution in [3.8, 4) is 0 Å². The summed E-state index contributed by atoms with van der Waals surface area (Å²) >= 11 is 0. The molecule has 2 aliphatic rings. The molecule has 0 fully saturated rings. The fourth-order valence-electron chi connectivity index (χ4n) is 4.12. The van der Waals surface area contributed by atoms with Gasteiger partial charge in [0.05, 0.1) is 18.2 Å². The molecule has 0 aromatic heterocycles. The SMILES string of the molecule is CCOC(=O)C1=C(CN2CC=C(c3ccccc3)CC2)NC(=O)N[C@H]1c1cccc(F)c1. The highest BCUT2D eigenvalue weighted by Gasteiger charge is 2.34. The van der Waals surface area contributed by atoms with Crippen molar-refractivity contribution in [1.82, 2.24) is 15.5 Å². The predicted molar refractivity (Wildman–Crippen MR) is 120 cm³/mol. The van der Waals surface area contributed by atoms with Gasteiger partial charge in [-0.1, -0.05) is 48.5 Å². The van der Waals surface area contributed by atoms with E-state index in [0.29, 0.717) is 29.9 Å². The number of nitrogens with one attached hydrogen (secondary N) is 2. The Labute approximate surface area is 186 Å². The summed E-state index contributed by atoms with van der Waals surface area (Å²) in [6.45, 7) is 3.79. The second-order valence-electron chi connectivity index (χ2n) is 7.78. The predicted octanol–water partition coefficient (Wildman–Crippen LogP) is 3.79. The Kier molecular flexibility index (Phi) is 6.66. The molecule has 2 aromatic rings. The van der Waals surface area contributed by atoms with E-state index in [0.717, 1.165) is 13.0 Å². The highest BCUT2D eigenvalue weighted by Crippen LogP contribution is 2.29. The van der Waals surface area contributed by atoms with Crippen LogP contribution in [0.4, 0.5) is 9.18 Å². The van der Waals surface area contributed by atoms with Gasteiger partial charge in [-0.25, -0.2) is 14.0 Å². The molecule has 6 nitrogen and oxygen atoms in total. The van der Waals surface area contributed by atoms with Crippen molar-refractivity contribution in [2.24, 2.45) is 0 Å². The monoisotopic (exact) mass is 435 g/mol. The average Bonchev–Trinajstić information content (AvgIpc) is 2.80. The summed E-state index contributed by atoms with van der Waals surface area (Å²) in [5.41, 5.74) is 3.77. The zero-order valence-electron chi connectivity index (χ0n) is 17.9. The number of nitrogens with zero attached hydrogens (tertiary/aromatic N) is 1. The van der Waals surface area contributed by atoms with Crippen LogP contribution in [0.25, 0.3) is 5.57 Å². The van der Waals surface area contributed by atoms with Crippen LogP contribution in [0.5, 0.6) is 0 Å². The van der Waals surface area contributed by atoms with Crippen LogP contribution >= 0.6 is 0 Å². The molecule has 7 heteroatoms. The van der Waals surface area contributed by atoms with Crippen LogP contribution < -0.4 is 10.6 Å². The maximum Gasteiger partial charge on any atom is 0.338 e. The van der Waals surface area contributed by atoms with Crippen LogP contribution in [0.15, 0.2) is 71.9 Å². The molecule has 0 saturated heterocycles. The quantitative estimate of drug-likeness (QED) is 0.678. The number of rotatable bonds is 6. The highest BCUT2D eigenvalue weighted by molar-refractivity contribution is 5.95. The van der Waals surface area contributed by atoms with Crippen LogP contribution in [0, 0.1) is 5.82 Å². The minimum Gasteiger partial charge on any atom is -0.463 e. The van der Waals surface area contributed by atoms with E-state index in [4.69, 9.17) is 4.74 Å². The van der Waals surface area contributed by atoms with Gasteiger partial charge in [0.1, 0.15) is 5.82 Å². The maximum absolute atomic E-state index is 13.9. The van der Waals surface area contributed by atoms with Crippen molar-refractivity contribution in [2.75, 3.05) is 26.2 Å². The van der Waals surface area contributed by atoms with Crippen molar-refractivity contribution in [1.29, 1.82) is 0 Å². The Morgan fingerprint density at radius 1 is 1.19 bits per heavy atom. The van der Waals surface area contributed by atoms with Gasteiger partial charge in [0.2, 0.25) is 0 Å². The molecule has 166 valence electrons. The highest BCUT2D eigenvalue weighted by atomic mass is 19.1. The van der Waals surface area contributed by atoms with E-state index in [-0.39, 0.29) is 6.61 Å². The summed E-state index contributed by atoms with van der Waals surface area (Å²) < 4.78 is 19.1. The Morgan fingerprint density at radius 2 is 2.00 bits per heavy atom. The topological polar surface area (TPSA) is 70.7 Å². The first-order valence-electron chi connectivity index (χ1n) is 10.7. The average molecular weight is 435 g/mol. The second-order valence-corrected chi connectivity index (χ2v) is 7.78. The third kappa shape index (κ3) is 4.89. The molecule has 2 amide bonds. The summed E-state index contributed by atoms with van der Waals surface area (Å²) in [4.78, 5) is 27.4. The first-order chi connectivity index (χ1) is 15.5. The minimum atomic E-state index is -0.784. The van der Waals surface area contributed by atoms with Gasteiger partial charge in [-0.05, 0) is 42.2 Å². The molecule has 2 N–H and O–H groups in total. The lowest BCUT2D eigenvalue weighted by molar-refractivity contribution is -0.139. The van der Waals surface area contributed by atoms with Crippen LogP contribution in [-0.4, -0.2) is 43.1 Å². The van der Waals surface area contributed by atoms with Gasteiger partial charge in [-0.2, -0.15) is 0 Å². The lowest BCUT2D eigenvalue weighted by Crippen LogP contribution is -2.48. The van der Waals surface area contributed by atoms with E-state index in [9.17, 15) is 14.0 Å². The largest absolute Gasteiger partial charge is 0.463 e. The zero-order valence-corrected chi connectivity index (χ0v) is 17.9. The number of urea groups is 1. The lowest BCUT2D eigenvalue weighted by Gasteiger charge is -2.33. The number of halogens is 1. The van der Waals surface area contributed by atoms with Gasteiger partial charge < -0.3 is 15.4 Å². The third-order valence-electron chi connectivity index (χ3n) is 5.65. The van der Waals surface area contributed by atoms with Crippen LogP contribution in [0.3, 0.4) is 0 Å².